The van der Waals surface area contributed by atoms with Crippen LogP contribution in [0.3, 0.4) is 0 Å². The van der Waals surface area contributed by atoms with E-state index in [2.05, 4.69) is 32.0 Å². The molecule has 3 aromatic carbocycles. The van der Waals surface area contributed by atoms with Crippen LogP contribution in [0, 0.1) is 11.3 Å². The minimum Gasteiger partial charge on any atom is -0.355 e. The van der Waals surface area contributed by atoms with Gasteiger partial charge in [0.25, 0.3) is 5.91 Å². The number of amides is 1. The largest absolute Gasteiger partial charge is 0.355 e. The van der Waals surface area contributed by atoms with Crippen molar-refractivity contribution in [3.05, 3.63) is 115 Å². The van der Waals surface area contributed by atoms with Crippen LogP contribution in [0.2, 0.25) is 0 Å². The summed E-state index contributed by atoms with van der Waals surface area (Å²) in [6, 6.07) is 27.9. The Morgan fingerprint density at radius 3 is 2.34 bits per heavy atom. The van der Waals surface area contributed by atoms with Crippen molar-refractivity contribution >= 4 is 45.2 Å². The number of nitriles is 1. The first-order valence-electron chi connectivity index (χ1n) is 10.9. The molecule has 35 heavy (non-hydrogen) atoms. The summed E-state index contributed by atoms with van der Waals surface area (Å²) in [6.07, 6.45) is 5.14. The Morgan fingerprint density at radius 1 is 0.743 bits per heavy atom. The molecule has 0 radical (unpaired) electrons. The number of pyridine rings is 2. The fraction of sp³-hybridized carbons (Fsp3) is 0. The van der Waals surface area contributed by atoms with Crippen LogP contribution in [-0.4, -0.2) is 15.9 Å². The third-order valence-electron chi connectivity index (χ3n) is 5.36. The van der Waals surface area contributed by atoms with Gasteiger partial charge in [0, 0.05) is 58.0 Å². The van der Waals surface area contributed by atoms with E-state index in [1.807, 2.05) is 60.7 Å². The van der Waals surface area contributed by atoms with Gasteiger partial charge < -0.3 is 16.0 Å². The Kier molecular flexibility index (Phi) is 6.01. The van der Waals surface area contributed by atoms with Gasteiger partial charge in [-0.05, 0) is 72.8 Å². The molecule has 7 nitrogen and oxygen atoms in total. The molecule has 2 heterocycles. The quantitative estimate of drug-likeness (QED) is 0.279. The molecular weight excluding hydrogens is 436 g/mol. The van der Waals surface area contributed by atoms with Crippen LogP contribution in [-0.2, 0) is 0 Å². The Balaban J connectivity index is 1.33. The average Bonchev–Trinajstić information content (AvgIpc) is 2.89. The zero-order valence-corrected chi connectivity index (χ0v) is 18.6. The number of carbonyl (C=O) groups is 1. The highest BCUT2D eigenvalue weighted by Crippen LogP contribution is 2.27. The zero-order chi connectivity index (χ0) is 24.0. The molecule has 0 bridgehead atoms. The van der Waals surface area contributed by atoms with Crippen molar-refractivity contribution in [2.24, 2.45) is 0 Å². The summed E-state index contributed by atoms with van der Waals surface area (Å²) >= 11 is 0. The molecule has 5 aromatic rings. The molecule has 2 aromatic heterocycles. The highest BCUT2D eigenvalue weighted by molar-refractivity contribution is 6.05. The number of nitrogens with one attached hydrogen (secondary N) is 3. The third-order valence-corrected chi connectivity index (χ3v) is 5.36. The number of nitrogens with zero attached hydrogens (tertiary/aromatic N) is 3. The lowest BCUT2D eigenvalue weighted by atomic mass is 10.1. The molecule has 0 aliphatic rings. The molecule has 0 spiro atoms. The first-order chi connectivity index (χ1) is 17.2. The molecule has 0 saturated carbocycles. The van der Waals surface area contributed by atoms with E-state index in [1.54, 1.807) is 42.9 Å². The molecule has 1 amide bonds. The summed E-state index contributed by atoms with van der Waals surface area (Å²) < 4.78 is 0. The van der Waals surface area contributed by atoms with Gasteiger partial charge in [0.2, 0.25) is 0 Å². The number of carbonyl (C=O) groups excluding carboxylic acids is 1. The van der Waals surface area contributed by atoms with Crippen LogP contribution >= 0.6 is 0 Å². The Labute approximate surface area is 202 Å². The molecule has 0 fully saturated rings. The van der Waals surface area contributed by atoms with E-state index in [-0.39, 0.29) is 5.91 Å². The predicted octanol–water partition coefficient (Wildman–Crippen LogP) is 6.24. The summed E-state index contributed by atoms with van der Waals surface area (Å²) in [5, 5.41) is 19.7. The summed E-state index contributed by atoms with van der Waals surface area (Å²) in [4.78, 5) is 21.3. The first kappa shape index (κ1) is 21.6. The van der Waals surface area contributed by atoms with E-state index < -0.39 is 0 Å². The van der Waals surface area contributed by atoms with Crippen molar-refractivity contribution in [3.8, 4) is 6.07 Å². The van der Waals surface area contributed by atoms with Gasteiger partial charge in [0.05, 0.1) is 17.1 Å². The van der Waals surface area contributed by atoms with Crippen LogP contribution in [0.5, 0.6) is 0 Å². The average molecular weight is 457 g/mol. The lowest BCUT2D eigenvalue weighted by Crippen LogP contribution is -2.12. The van der Waals surface area contributed by atoms with Crippen LogP contribution < -0.4 is 16.0 Å². The van der Waals surface area contributed by atoms with Gasteiger partial charge in [0.1, 0.15) is 0 Å². The second kappa shape index (κ2) is 9.73. The molecular formula is C28H20N6O. The maximum Gasteiger partial charge on any atom is 0.255 e. The topological polar surface area (TPSA) is 103 Å². The van der Waals surface area contributed by atoms with Gasteiger partial charge in [-0.1, -0.05) is 12.1 Å². The summed E-state index contributed by atoms with van der Waals surface area (Å²) in [5.74, 6) is -0.221. The van der Waals surface area contributed by atoms with Gasteiger partial charge in [-0.3, -0.25) is 14.8 Å². The Hall–Kier alpha value is -5.22. The molecule has 0 atom stereocenters. The maximum absolute atomic E-state index is 13.0. The van der Waals surface area contributed by atoms with E-state index in [0.29, 0.717) is 16.8 Å². The third kappa shape index (κ3) is 5.07. The fourth-order valence-corrected chi connectivity index (χ4v) is 3.70. The first-order valence-corrected chi connectivity index (χ1v) is 10.9. The fourth-order valence-electron chi connectivity index (χ4n) is 3.70. The van der Waals surface area contributed by atoms with Gasteiger partial charge in [0.15, 0.2) is 0 Å². The van der Waals surface area contributed by atoms with Crippen molar-refractivity contribution in [3.63, 3.8) is 0 Å². The number of benzene rings is 3. The van der Waals surface area contributed by atoms with Gasteiger partial charge in [-0.25, -0.2) is 0 Å². The monoisotopic (exact) mass is 456 g/mol. The highest BCUT2D eigenvalue weighted by Gasteiger charge is 2.09. The van der Waals surface area contributed by atoms with E-state index in [4.69, 9.17) is 0 Å². The molecule has 168 valence electrons. The Bertz CT molecular complexity index is 1560. The smallest absolute Gasteiger partial charge is 0.255 e. The predicted molar refractivity (Wildman–Crippen MR) is 138 cm³/mol. The molecule has 0 unspecified atom stereocenters. The van der Waals surface area contributed by atoms with E-state index >= 15 is 0 Å². The minimum absolute atomic E-state index is 0.221. The van der Waals surface area contributed by atoms with Crippen LogP contribution in [0.4, 0.5) is 28.4 Å². The van der Waals surface area contributed by atoms with Gasteiger partial charge >= 0.3 is 0 Å². The van der Waals surface area contributed by atoms with E-state index in [9.17, 15) is 10.1 Å². The zero-order valence-electron chi connectivity index (χ0n) is 18.6. The standard InChI is InChI=1S/C28H20N6O/c29-18-19-7-8-26-25(15-19)27(11-14-31-26)33-22-4-1-3-20(16-22)28(35)34-24-6-2-5-23(17-24)32-21-9-12-30-13-10-21/h1-17H,(H,30,32)(H,31,33)(H,34,35). The van der Waals surface area contributed by atoms with Crippen LogP contribution in [0.1, 0.15) is 15.9 Å². The highest BCUT2D eigenvalue weighted by atomic mass is 16.1. The summed E-state index contributed by atoms with van der Waals surface area (Å²) in [5.41, 5.74) is 5.85. The molecule has 0 saturated heterocycles. The van der Waals surface area contributed by atoms with Crippen LogP contribution in [0.15, 0.2) is 104 Å². The van der Waals surface area contributed by atoms with Crippen molar-refractivity contribution in [1.29, 1.82) is 5.26 Å². The second-order valence-electron chi connectivity index (χ2n) is 7.80. The number of hydrogen-bond donors (Lipinski definition) is 3. The number of hydrogen-bond acceptors (Lipinski definition) is 6. The lowest BCUT2D eigenvalue weighted by molar-refractivity contribution is 0.102. The van der Waals surface area contributed by atoms with Crippen molar-refractivity contribution in [1.82, 2.24) is 9.97 Å². The van der Waals surface area contributed by atoms with E-state index in [0.717, 1.165) is 33.7 Å². The molecule has 5 rings (SSSR count). The Morgan fingerprint density at radius 2 is 1.51 bits per heavy atom. The summed E-state index contributed by atoms with van der Waals surface area (Å²) in [6.45, 7) is 0. The molecule has 0 aliphatic heterocycles. The summed E-state index contributed by atoms with van der Waals surface area (Å²) in [7, 11) is 0. The number of anilines is 5. The molecule has 7 heteroatoms. The maximum atomic E-state index is 13.0. The van der Waals surface area contributed by atoms with Gasteiger partial charge in [-0.2, -0.15) is 5.26 Å². The molecule has 3 N–H and O–H groups in total. The minimum atomic E-state index is -0.221. The van der Waals surface area contributed by atoms with Gasteiger partial charge in [-0.15, -0.1) is 0 Å². The van der Waals surface area contributed by atoms with Crippen LogP contribution in [0.25, 0.3) is 10.9 Å². The molecule has 0 aliphatic carbocycles. The normalized spacial score (nSPS) is 10.4. The number of aromatic nitrogens is 2. The van der Waals surface area contributed by atoms with E-state index in [1.165, 1.54) is 0 Å². The van der Waals surface area contributed by atoms with Crippen molar-refractivity contribution < 1.29 is 4.79 Å². The lowest BCUT2D eigenvalue weighted by Gasteiger charge is -2.12. The SMILES string of the molecule is N#Cc1ccc2nccc(Nc3cccc(C(=O)Nc4cccc(Nc5ccncc5)c4)c3)c2c1. The number of fused-ring (bicyclic) bond motifs is 1. The van der Waals surface area contributed by atoms with Crippen molar-refractivity contribution in [2.45, 2.75) is 0 Å². The second-order valence-corrected chi connectivity index (χ2v) is 7.80. The van der Waals surface area contributed by atoms with Crippen molar-refractivity contribution in [2.75, 3.05) is 16.0 Å². The number of rotatable bonds is 6.